The van der Waals surface area contributed by atoms with Crippen molar-refractivity contribution in [1.29, 1.82) is 0 Å². The van der Waals surface area contributed by atoms with Gasteiger partial charge in [0, 0.05) is 25.7 Å². The summed E-state index contributed by atoms with van der Waals surface area (Å²) >= 11 is 0. The molecule has 0 saturated carbocycles. The number of nitrogens with zero attached hydrogens (tertiary/aromatic N) is 2. The average Bonchev–Trinajstić information content (AvgIpc) is 2.38. The molecule has 1 heterocycles. The lowest BCUT2D eigenvalue weighted by atomic mass is 10.0. The van der Waals surface area contributed by atoms with Crippen LogP contribution in [-0.4, -0.2) is 36.6 Å². The average molecular weight is 266 g/mol. The minimum absolute atomic E-state index is 0.0143. The van der Waals surface area contributed by atoms with Gasteiger partial charge >= 0.3 is 0 Å². The van der Waals surface area contributed by atoms with E-state index in [1.807, 2.05) is 0 Å². The first-order chi connectivity index (χ1) is 8.99. The molecule has 1 aliphatic heterocycles. The fraction of sp³-hybridized carbons (Fsp3) is 0.417. The predicted molar refractivity (Wildman–Crippen MR) is 65.7 cm³/mol. The number of hydrogen-bond donors (Lipinski definition) is 0. The molecule has 7 nitrogen and oxygen atoms in total. The molecule has 0 radical (unpaired) electrons. The smallest absolute Gasteiger partial charge is 0.273 e. The second-order valence-corrected chi connectivity index (χ2v) is 4.39. The van der Waals surface area contributed by atoms with Gasteiger partial charge in [-0.3, -0.25) is 14.9 Å². The van der Waals surface area contributed by atoms with E-state index in [0.717, 1.165) is 0 Å². The number of carbonyl (C=O) groups is 1. The molecule has 0 aliphatic carbocycles. The second-order valence-electron chi connectivity index (χ2n) is 4.39. The van der Waals surface area contributed by atoms with Crippen LogP contribution < -0.4 is 4.74 Å². The fourth-order valence-corrected chi connectivity index (χ4v) is 1.81. The van der Waals surface area contributed by atoms with Crippen LogP contribution in [0.3, 0.4) is 0 Å². The standard InChI is InChI=1S/C12H14N2O5/c1-13(2)12(15)6-11-9-4-3-8(14(16)17)5-10(9)18-7-19-11/h3-5,11H,6-7H2,1-2H3. The van der Waals surface area contributed by atoms with Gasteiger partial charge in [-0.1, -0.05) is 0 Å². The SMILES string of the molecule is CN(C)C(=O)CC1OCOc2cc([N+](=O)[O-])ccc21. The van der Waals surface area contributed by atoms with E-state index in [1.54, 1.807) is 20.2 Å². The Labute approximate surface area is 109 Å². The molecule has 0 saturated heterocycles. The van der Waals surface area contributed by atoms with Crippen LogP contribution in [0.1, 0.15) is 18.1 Å². The van der Waals surface area contributed by atoms with E-state index in [2.05, 4.69) is 0 Å². The lowest BCUT2D eigenvalue weighted by molar-refractivity contribution is -0.385. The Balaban J connectivity index is 2.24. The van der Waals surface area contributed by atoms with Gasteiger partial charge in [0.25, 0.3) is 5.69 Å². The number of non-ortho nitro benzene ring substituents is 1. The Kier molecular flexibility index (Phi) is 3.66. The first kappa shape index (κ1) is 13.3. The maximum absolute atomic E-state index is 11.7. The summed E-state index contributed by atoms with van der Waals surface area (Å²) in [5, 5.41) is 10.7. The van der Waals surface area contributed by atoms with E-state index in [4.69, 9.17) is 9.47 Å². The van der Waals surface area contributed by atoms with Gasteiger partial charge < -0.3 is 14.4 Å². The van der Waals surface area contributed by atoms with Crippen LogP contribution in [0.2, 0.25) is 0 Å². The molecule has 7 heteroatoms. The summed E-state index contributed by atoms with van der Waals surface area (Å²) in [6.45, 7) is -0.0143. The van der Waals surface area contributed by atoms with E-state index in [-0.39, 0.29) is 24.8 Å². The molecule has 0 aromatic heterocycles. The largest absolute Gasteiger partial charge is 0.467 e. The van der Waals surface area contributed by atoms with Gasteiger partial charge in [0.15, 0.2) is 6.79 Å². The number of benzene rings is 1. The van der Waals surface area contributed by atoms with Crippen LogP contribution in [0.15, 0.2) is 18.2 Å². The third-order valence-electron chi connectivity index (χ3n) is 2.90. The highest BCUT2D eigenvalue weighted by Crippen LogP contribution is 2.36. The number of nitro groups is 1. The van der Waals surface area contributed by atoms with Crippen molar-refractivity contribution < 1.29 is 19.2 Å². The monoisotopic (exact) mass is 266 g/mol. The van der Waals surface area contributed by atoms with Gasteiger partial charge in [-0.05, 0) is 6.07 Å². The minimum Gasteiger partial charge on any atom is -0.467 e. The Morgan fingerprint density at radius 2 is 2.26 bits per heavy atom. The second kappa shape index (κ2) is 5.23. The molecule has 0 N–H and O–H groups in total. The van der Waals surface area contributed by atoms with E-state index in [9.17, 15) is 14.9 Å². The molecule has 102 valence electrons. The summed E-state index contributed by atoms with van der Waals surface area (Å²) in [6.07, 6.45) is -0.249. The van der Waals surface area contributed by atoms with Crippen molar-refractivity contribution in [3.63, 3.8) is 0 Å². The lowest BCUT2D eigenvalue weighted by Gasteiger charge is -2.26. The van der Waals surface area contributed by atoms with Crippen molar-refractivity contribution in [3.05, 3.63) is 33.9 Å². The molecule has 1 atom stereocenters. The van der Waals surface area contributed by atoms with Gasteiger partial charge in [0.1, 0.15) is 5.75 Å². The van der Waals surface area contributed by atoms with Gasteiger partial charge in [-0.25, -0.2) is 0 Å². The summed E-state index contributed by atoms with van der Waals surface area (Å²) in [7, 11) is 3.33. The number of hydrogen-bond acceptors (Lipinski definition) is 5. The number of rotatable bonds is 3. The zero-order valence-electron chi connectivity index (χ0n) is 10.7. The van der Waals surface area contributed by atoms with Gasteiger partial charge in [0.05, 0.1) is 23.5 Å². The third kappa shape index (κ3) is 2.82. The molecule has 0 bridgehead atoms. The molecular weight excluding hydrogens is 252 g/mol. The quantitative estimate of drug-likeness (QED) is 0.611. The first-order valence-corrected chi connectivity index (χ1v) is 5.72. The van der Waals surface area contributed by atoms with Crippen molar-refractivity contribution in [2.45, 2.75) is 12.5 Å². The van der Waals surface area contributed by atoms with Crippen molar-refractivity contribution in [3.8, 4) is 5.75 Å². The molecule has 19 heavy (non-hydrogen) atoms. The third-order valence-corrected chi connectivity index (χ3v) is 2.90. The summed E-state index contributed by atoms with van der Waals surface area (Å²) in [6, 6.07) is 4.30. The molecule has 2 rings (SSSR count). The molecule has 1 amide bonds. The van der Waals surface area contributed by atoms with Crippen molar-refractivity contribution in [2.75, 3.05) is 20.9 Å². The predicted octanol–water partition coefficient (Wildman–Crippen LogP) is 1.48. The highest BCUT2D eigenvalue weighted by molar-refractivity contribution is 5.76. The number of nitro benzene ring substituents is 1. The Hall–Kier alpha value is -2.15. The number of carbonyl (C=O) groups excluding carboxylic acids is 1. The van der Waals surface area contributed by atoms with Gasteiger partial charge in [-0.2, -0.15) is 0 Å². The van der Waals surface area contributed by atoms with Gasteiger partial charge in [-0.15, -0.1) is 0 Å². The number of ether oxygens (including phenoxy) is 2. The Bertz CT molecular complexity index is 515. The summed E-state index contributed by atoms with van der Waals surface area (Å²) in [5.74, 6) is 0.327. The highest BCUT2D eigenvalue weighted by atomic mass is 16.7. The normalized spacial score (nSPS) is 17.3. The van der Waals surface area contributed by atoms with Gasteiger partial charge in [0.2, 0.25) is 5.91 Å². The molecule has 1 aromatic carbocycles. The van der Waals surface area contributed by atoms with Crippen LogP contribution in [-0.2, 0) is 9.53 Å². The highest BCUT2D eigenvalue weighted by Gasteiger charge is 2.26. The molecule has 1 aliphatic rings. The maximum atomic E-state index is 11.7. The lowest BCUT2D eigenvalue weighted by Crippen LogP contribution is -2.27. The van der Waals surface area contributed by atoms with Crippen LogP contribution in [0.5, 0.6) is 5.75 Å². The van der Waals surface area contributed by atoms with E-state index in [1.165, 1.54) is 17.0 Å². The summed E-state index contributed by atoms with van der Waals surface area (Å²) < 4.78 is 10.6. The topological polar surface area (TPSA) is 81.9 Å². The minimum atomic E-state index is -0.487. The summed E-state index contributed by atoms with van der Waals surface area (Å²) in [5.41, 5.74) is 0.616. The zero-order chi connectivity index (χ0) is 14.0. The molecule has 0 fully saturated rings. The fourth-order valence-electron chi connectivity index (χ4n) is 1.81. The molecule has 1 aromatic rings. The van der Waals surface area contributed by atoms with E-state index >= 15 is 0 Å². The van der Waals surface area contributed by atoms with E-state index in [0.29, 0.717) is 11.3 Å². The molecule has 0 spiro atoms. The number of amides is 1. The van der Waals surface area contributed by atoms with Crippen LogP contribution >= 0.6 is 0 Å². The Morgan fingerprint density at radius 3 is 2.89 bits per heavy atom. The zero-order valence-corrected chi connectivity index (χ0v) is 10.7. The van der Waals surface area contributed by atoms with E-state index < -0.39 is 11.0 Å². The summed E-state index contributed by atoms with van der Waals surface area (Å²) in [4.78, 5) is 23.4. The van der Waals surface area contributed by atoms with Crippen LogP contribution in [0.25, 0.3) is 0 Å². The number of fused-ring (bicyclic) bond motifs is 1. The maximum Gasteiger partial charge on any atom is 0.273 e. The van der Waals surface area contributed by atoms with Crippen molar-refractivity contribution in [2.24, 2.45) is 0 Å². The molecule has 1 unspecified atom stereocenters. The Morgan fingerprint density at radius 1 is 1.53 bits per heavy atom. The van der Waals surface area contributed by atoms with Crippen LogP contribution in [0.4, 0.5) is 5.69 Å². The first-order valence-electron chi connectivity index (χ1n) is 5.72. The van der Waals surface area contributed by atoms with Crippen LogP contribution in [0, 0.1) is 10.1 Å². The van der Waals surface area contributed by atoms with Crippen molar-refractivity contribution >= 4 is 11.6 Å². The molecular formula is C12H14N2O5. The van der Waals surface area contributed by atoms with Crippen molar-refractivity contribution in [1.82, 2.24) is 4.90 Å².